The Morgan fingerprint density at radius 3 is 1.50 bits per heavy atom. The second-order valence-corrected chi connectivity index (χ2v) is 7.17. The van der Waals surface area contributed by atoms with Gasteiger partial charge in [-0.2, -0.15) is 39.5 Å². The molecule has 4 rings (SSSR count). The van der Waals surface area contributed by atoms with Crippen LogP contribution in [0, 0.1) is 0 Å². The molecular formula is C22H10F9N3. The Kier molecular flexibility index (Phi) is 5.49. The van der Waals surface area contributed by atoms with Crippen LogP contribution in [0.1, 0.15) is 16.7 Å². The third kappa shape index (κ3) is 4.52. The summed E-state index contributed by atoms with van der Waals surface area (Å²) >= 11 is 0. The Hall–Kier alpha value is -3.70. The van der Waals surface area contributed by atoms with Crippen LogP contribution in [0.25, 0.3) is 33.4 Å². The minimum atomic E-state index is -4.84. The van der Waals surface area contributed by atoms with Gasteiger partial charge in [0.05, 0.1) is 16.7 Å². The topological polar surface area (TPSA) is 38.7 Å². The third-order valence-corrected chi connectivity index (χ3v) is 4.87. The van der Waals surface area contributed by atoms with Crippen molar-refractivity contribution >= 4 is 10.9 Å². The van der Waals surface area contributed by atoms with Crippen LogP contribution in [0.5, 0.6) is 0 Å². The van der Waals surface area contributed by atoms with Gasteiger partial charge in [0.2, 0.25) is 0 Å². The first-order valence-electron chi connectivity index (χ1n) is 9.34. The molecule has 0 bridgehead atoms. The van der Waals surface area contributed by atoms with Gasteiger partial charge in [0.25, 0.3) is 0 Å². The summed E-state index contributed by atoms with van der Waals surface area (Å²) in [5.41, 5.74) is -4.48. The number of halogens is 9. The lowest BCUT2D eigenvalue weighted by Crippen LogP contribution is -2.08. The maximum absolute atomic E-state index is 13.3. The fourth-order valence-corrected chi connectivity index (χ4v) is 3.28. The lowest BCUT2D eigenvalue weighted by atomic mass is 10.0. The zero-order valence-electron chi connectivity index (χ0n) is 16.5. The molecule has 0 amide bonds. The first kappa shape index (κ1) is 23.5. The first-order chi connectivity index (χ1) is 15.7. The van der Waals surface area contributed by atoms with E-state index in [9.17, 15) is 39.5 Å². The minimum absolute atomic E-state index is 0.129. The Morgan fingerprint density at radius 2 is 1.00 bits per heavy atom. The molecule has 0 saturated heterocycles. The van der Waals surface area contributed by atoms with Crippen LogP contribution in [0.4, 0.5) is 39.5 Å². The Balaban J connectivity index is 2.00. The van der Waals surface area contributed by atoms with E-state index >= 15 is 0 Å². The highest BCUT2D eigenvalue weighted by Crippen LogP contribution is 2.39. The predicted octanol–water partition coefficient (Wildman–Crippen LogP) is 7.42. The molecule has 4 aromatic rings. The highest BCUT2D eigenvalue weighted by Gasteiger charge is 2.34. The van der Waals surface area contributed by atoms with Gasteiger partial charge in [-0.05, 0) is 30.3 Å². The summed E-state index contributed by atoms with van der Waals surface area (Å²) in [7, 11) is 0. The van der Waals surface area contributed by atoms with Crippen molar-refractivity contribution in [3.05, 3.63) is 77.5 Å². The van der Waals surface area contributed by atoms with E-state index in [-0.39, 0.29) is 33.4 Å². The standard InChI is InChI=1S/C22H10F9N3/c23-20(24,25)13-5-1-3-11(7-13)17-16-9-15(22(29,30)31)10-32-19(16)18(34-33-17)12-4-2-6-14(8-12)21(26,27)28/h1-10H. The van der Waals surface area contributed by atoms with Crippen molar-refractivity contribution in [3.63, 3.8) is 0 Å². The molecule has 0 aliphatic heterocycles. The molecule has 3 nitrogen and oxygen atoms in total. The van der Waals surface area contributed by atoms with Crippen molar-refractivity contribution in [2.75, 3.05) is 0 Å². The van der Waals surface area contributed by atoms with E-state index in [0.717, 1.165) is 30.3 Å². The molecule has 0 radical (unpaired) electrons. The number of aromatic nitrogens is 3. The van der Waals surface area contributed by atoms with Gasteiger partial charge in [0.1, 0.15) is 16.9 Å². The fraction of sp³-hybridized carbons (Fsp3) is 0.136. The molecule has 2 heterocycles. The SMILES string of the molecule is FC(F)(F)c1cccc(-c2nnc(-c3cccc(C(F)(F)F)c3)c3ncc(C(F)(F)F)cc23)c1. The van der Waals surface area contributed by atoms with Gasteiger partial charge in [-0.3, -0.25) is 4.98 Å². The molecule has 34 heavy (non-hydrogen) atoms. The molecule has 0 aliphatic rings. The summed E-state index contributed by atoms with van der Waals surface area (Å²) in [5.74, 6) is 0. The lowest BCUT2D eigenvalue weighted by Gasteiger charge is -2.14. The van der Waals surface area contributed by atoms with Crippen molar-refractivity contribution in [1.29, 1.82) is 0 Å². The largest absolute Gasteiger partial charge is 0.417 e. The minimum Gasteiger partial charge on any atom is -0.253 e. The number of rotatable bonds is 2. The van der Waals surface area contributed by atoms with Gasteiger partial charge < -0.3 is 0 Å². The molecule has 0 spiro atoms. The number of nitrogens with zero attached hydrogens (tertiary/aromatic N) is 3. The molecule has 0 atom stereocenters. The quantitative estimate of drug-likeness (QED) is 0.276. The second-order valence-electron chi connectivity index (χ2n) is 7.17. The molecule has 176 valence electrons. The van der Waals surface area contributed by atoms with E-state index < -0.39 is 35.2 Å². The van der Waals surface area contributed by atoms with Crippen LogP contribution in [-0.4, -0.2) is 15.2 Å². The number of pyridine rings is 1. The van der Waals surface area contributed by atoms with E-state index in [1.165, 1.54) is 12.1 Å². The van der Waals surface area contributed by atoms with Gasteiger partial charge in [0, 0.05) is 22.7 Å². The number of benzene rings is 2. The number of hydrogen-bond acceptors (Lipinski definition) is 3. The van der Waals surface area contributed by atoms with Gasteiger partial charge in [-0.25, -0.2) is 0 Å². The smallest absolute Gasteiger partial charge is 0.253 e. The lowest BCUT2D eigenvalue weighted by molar-refractivity contribution is -0.138. The van der Waals surface area contributed by atoms with Crippen molar-refractivity contribution in [1.82, 2.24) is 15.2 Å². The van der Waals surface area contributed by atoms with Crippen LogP contribution in [0.2, 0.25) is 0 Å². The summed E-state index contributed by atoms with van der Waals surface area (Å²) < 4.78 is 119. The maximum Gasteiger partial charge on any atom is 0.417 e. The second kappa shape index (κ2) is 7.96. The summed E-state index contributed by atoms with van der Waals surface area (Å²) in [5, 5.41) is 7.28. The van der Waals surface area contributed by atoms with Crippen molar-refractivity contribution in [2.45, 2.75) is 18.5 Å². The Bertz CT molecular complexity index is 1370. The highest BCUT2D eigenvalue weighted by molar-refractivity contribution is 5.99. The normalized spacial score (nSPS) is 12.9. The van der Waals surface area contributed by atoms with Gasteiger partial charge in [0.15, 0.2) is 0 Å². The van der Waals surface area contributed by atoms with Crippen molar-refractivity contribution < 1.29 is 39.5 Å². The monoisotopic (exact) mass is 487 g/mol. The van der Waals surface area contributed by atoms with E-state index in [1.807, 2.05) is 0 Å². The van der Waals surface area contributed by atoms with Gasteiger partial charge >= 0.3 is 18.5 Å². The average Bonchev–Trinajstić information content (AvgIpc) is 2.76. The zero-order chi connectivity index (χ0) is 24.9. The average molecular weight is 487 g/mol. The summed E-state index contributed by atoms with van der Waals surface area (Å²) in [6.45, 7) is 0. The van der Waals surface area contributed by atoms with Crippen LogP contribution < -0.4 is 0 Å². The zero-order valence-corrected chi connectivity index (χ0v) is 16.5. The number of hydrogen-bond donors (Lipinski definition) is 0. The van der Waals surface area contributed by atoms with Crippen LogP contribution in [0.15, 0.2) is 60.8 Å². The molecule has 12 heteroatoms. The Morgan fingerprint density at radius 1 is 0.529 bits per heavy atom. The van der Waals surface area contributed by atoms with Crippen LogP contribution in [0.3, 0.4) is 0 Å². The molecule has 0 saturated carbocycles. The van der Waals surface area contributed by atoms with Gasteiger partial charge in [-0.15, -0.1) is 10.2 Å². The summed E-state index contributed by atoms with van der Waals surface area (Å²) in [6, 6.07) is 8.18. The molecule has 2 aromatic carbocycles. The number of alkyl halides is 9. The first-order valence-corrected chi connectivity index (χ1v) is 9.34. The van der Waals surface area contributed by atoms with E-state index in [4.69, 9.17) is 0 Å². The van der Waals surface area contributed by atoms with Crippen molar-refractivity contribution in [2.24, 2.45) is 0 Å². The van der Waals surface area contributed by atoms with E-state index in [2.05, 4.69) is 15.2 Å². The molecule has 2 aromatic heterocycles. The molecule has 0 fully saturated rings. The van der Waals surface area contributed by atoms with E-state index in [0.29, 0.717) is 18.3 Å². The summed E-state index contributed by atoms with van der Waals surface area (Å²) in [4.78, 5) is 3.75. The Labute approximate surface area is 184 Å². The predicted molar refractivity (Wildman–Crippen MR) is 103 cm³/mol. The third-order valence-electron chi connectivity index (χ3n) is 4.87. The van der Waals surface area contributed by atoms with E-state index in [1.54, 1.807) is 0 Å². The maximum atomic E-state index is 13.3. The van der Waals surface area contributed by atoms with Crippen LogP contribution >= 0.6 is 0 Å². The fourth-order valence-electron chi connectivity index (χ4n) is 3.28. The summed E-state index contributed by atoms with van der Waals surface area (Å²) in [6.07, 6.45) is -13.8. The number of fused-ring (bicyclic) bond motifs is 1. The van der Waals surface area contributed by atoms with Crippen LogP contribution in [-0.2, 0) is 18.5 Å². The molecule has 0 N–H and O–H groups in total. The van der Waals surface area contributed by atoms with Gasteiger partial charge in [-0.1, -0.05) is 24.3 Å². The molecular weight excluding hydrogens is 477 g/mol. The molecule has 0 aliphatic carbocycles. The molecule has 0 unspecified atom stereocenters. The van der Waals surface area contributed by atoms with Crippen molar-refractivity contribution in [3.8, 4) is 22.5 Å². The highest BCUT2D eigenvalue weighted by atomic mass is 19.4.